The lowest BCUT2D eigenvalue weighted by Gasteiger charge is -2.11. The van der Waals surface area contributed by atoms with Crippen LogP contribution in [-0.4, -0.2) is 96.3 Å². The van der Waals surface area contributed by atoms with Crippen molar-refractivity contribution in [2.24, 2.45) is 0 Å². The Morgan fingerprint density at radius 2 is 1.20 bits per heavy atom. The molecule has 0 saturated heterocycles. The van der Waals surface area contributed by atoms with Crippen molar-refractivity contribution in [2.75, 3.05) is 54.4 Å². The number of aromatic amines is 1. The fourth-order valence-corrected chi connectivity index (χ4v) is 4.84. The first-order valence-corrected chi connectivity index (χ1v) is 15.5. The zero-order valence-corrected chi connectivity index (χ0v) is 27.0. The van der Waals surface area contributed by atoms with Gasteiger partial charge in [-0.15, -0.1) is 0 Å². The lowest BCUT2D eigenvalue weighted by atomic mass is 9.99. The molecule has 242 valence electrons. The summed E-state index contributed by atoms with van der Waals surface area (Å²) in [4.78, 5) is 30.9. The summed E-state index contributed by atoms with van der Waals surface area (Å²) in [5, 5.41) is 23.1. The van der Waals surface area contributed by atoms with E-state index < -0.39 is 11.9 Å². The van der Waals surface area contributed by atoms with Gasteiger partial charge in [-0.3, -0.25) is 0 Å². The van der Waals surface area contributed by atoms with E-state index in [0.717, 1.165) is 61.6 Å². The Labute approximate surface area is 266 Å². The molecule has 10 nitrogen and oxygen atoms in total. The molecule has 0 spiro atoms. The number of carbonyl (C=O) groups is 2. The molecule has 0 amide bonds. The normalized spacial score (nSPS) is 11.2. The van der Waals surface area contributed by atoms with Gasteiger partial charge in [0.2, 0.25) is 0 Å². The van der Waals surface area contributed by atoms with Gasteiger partial charge in [-0.1, -0.05) is 48.5 Å². The van der Waals surface area contributed by atoms with Crippen molar-refractivity contribution in [3.63, 3.8) is 0 Å². The number of pyridine rings is 1. The van der Waals surface area contributed by atoms with Gasteiger partial charge in [0.05, 0.1) is 5.69 Å². The molecule has 2 aromatic carbocycles. The second-order valence-corrected chi connectivity index (χ2v) is 11.7. The molecule has 0 unspecified atom stereocenters. The van der Waals surface area contributed by atoms with Crippen molar-refractivity contribution < 1.29 is 19.8 Å². The molecule has 10 heteroatoms. The van der Waals surface area contributed by atoms with Gasteiger partial charge >= 0.3 is 11.9 Å². The predicted molar refractivity (Wildman–Crippen MR) is 181 cm³/mol. The van der Waals surface area contributed by atoms with E-state index in [9.17, 15) is 0 Å². The summed E-state index contributed by atoms with van der Waals surface area (Å²) >= 11 is 0. The topological polar surface area (TPSA) is 134 Å². The van der Waals surface area contributed by atoms with Gasteiger partial charge in [0.15, 0.2) is 0 Å². The van der Waals surface area contributed by atoms with Gasteiger partial charge in [-0.2, -0.15) is 0 Å². The highest BCUT2D eigenvalue weighted by Gasteiger charge is 2.11. The first-order chi connectivity index (χ1) is 21.6. The van der Waals surface area contributed by atoms with Crippen LogP contribution in [0.3, 0.4) is 0 Å². The van der Waals surface area contributed by atoms with Crippen molar-refractivity contribution in [3.05, 3.63) is 78.0 Å². The maximum absolute atomic E-state index is 9.10. The Bertz CT molecular complexity index is 1450. The van der Waals surface area contributed by atoms with Gasteiger partial charge < -0.3 is 35.6 Å². The zero-order valence-electron chi connectivity index (χ0n) is 27.0. The minimum atomic E-state index is -1.82. The number of carboxylic acids is 2. The number of unbranched alkanes of at least 4 members (excludes halogenated alkanes) is 2. The van der Waals surface area contributed by atoms with Crippen LogP contribution in [0.1, 0.15) is 36.8 Å². The van der Waals surface area contributed by atoms with Crippen LogP contribution in [-0.2, 0) is 22.7 Å². The third-order valence-electron chi connectivity index (χ3n) is 7.30. The van der Waals surface area contributed by atoms with Crippen LogP contribution in [0.5, 0.6) is 0 Å². The number of aliphatic carboxylic acids is 2. The van der Waals surface area contributed by atoms with Gasteiger partial charge in [0, 0.05) is 30.2 Å². The van der Waals surface area contributed by atoms with Crippen molar-refractivity contribution in [1.82, 2.24) is 30.4 Å². The van der Waals surface area contributed by atoms with Gasteiger partial charge in [0.25, 0.3) is 0 Å². The summed E-state index contributed by atoms with van der Waals surface area (Å²) in [6.07, 6.45) is 6.84. The van der Waals surface area contributed by atoms with Crippen LogP contribution in [0, 0.1) is 0 Å². The smallest absolute Gasteiger partial charge is 0.414 e. The summed E-state index contributed by atoms with van der Waals surface area (Å²) in [5.74, 6) is -3.65. The number of benzene rings is 2. The third kappa shape index (κ3) is 12.4. The minimum absolute atomic E-state index is 0.897. The van der Waals surface area contributed by atoms with Gasteiger partial charge in [-0.25, -0.2) is 14.6 Å². The Morgan fingerprint density at radius 1 is 0.711 bits per heavy atom. The number of hydrogen-bond acceptors (Lipinski definition) is 7. The van der Waals surface area contributed by atoms with Crippen LogP contribution in [0.15, 0.2) is 66.9 Å². The fraction of sp³-hybridized carbons (Fsp3) is 0.400. The number of nitrogens with one attached hydrogen (secondary N) is 3. The lowest BCUT2D eigenvalue weighted by molar-refractivity contribution is -0.159. The van der Waals surface area contributed by atoms with Crippen LogP contribution >= 0.6 is 0 Å². The Hall–Kier alpha value is -4.09. The van der Waals surface area contributed by atoms with Crippen LogP contribution < -0.4 is 10.6 Å². The molecule has 0 radical (unpaired) electrons. The molecular formula is C35H48N6O4. The molecule has 2 heterocycles. The SMILES string of the molecule is CN(C)CCCCNCc1ccc(-c2cc(-c3ccc(CNCCCCN(C)C)cc3)c3cc[nH]c3n2)cc1.O=C(O)C(=O)O. The highest BCUT2D eigenvalue weighted by atomic mass is 16.4. The second-order valence-electron chi connectivity index (χ2n) is 11.7. The van der Waals surface area contributed by atoms with E-state index >= 15 is 0 Å². The summed E-state index contributed by atoms with van der Waals surface area (Å²) < 4.78 is 0. The molecule has 0 fully saturated rings. The molecule has 0 aliphatic heterocycles. The quantitative estimate of drug-likeness (QED) is 0.0879. The number of rotatable bonds is 16. The van der Waals surface area contributed by atoms with Crippen LogP contribution in [0.25, 0.3) is 33.4 Å². The molecule has 2 aromatic heterocycles. The molecular weight excluding hydrogens is 568 g/mol. The average molecular weight is 617 g/mol. The van der Waals surface area contributed by atoms with Crippen molar-refractivity contribution in [2.45, 2.75) is 38.8 Å². The van der Waals surface area contributed by atoms with E-state index in [1.54, 1.807) is 0 Å². The summed E-state index contributed by atoms with van der Waals surface area (Å²) in [5.41, 5.74) is 8.09. The minimum Gasteiger partial charge on any atom is -0.473 e. The second kappa shape index (κ2) is 18.7. The van der Waals surface area contributed by atoms with Crippen molar-refractivity contribution >= 4 is 23.0 Å². The number of H-pyrrole nitrogens is 1. The molecule has 4 rings (SSSR count). The summed E-state index contributed by atoms with van der Waals surface area (Å²) in [6.45, 7) is 6.20. The highest BCUT2D eigenvalue weighted by molar-refractivity contribution is 6.27. The number of aromatic nitrogens is 2. The Balaban J connectivity index is 0.000000838. The molecule has 45 heavy (non-hydrogen) atoms. The zero-order chi connectivity index (χ0) is 32.6. The predicted octanol–water partition coefficient (Wildman–Crippen LogP) is 4.92. The van der Waals surface area contributed by atoms with E-state index in [1.807, 2.05) is 6.20 Å². The Morgan fingerprint density at radius 3 is 1.67 bits per heavy atom. The molecule has 0 atom stereocenters. The standard InChI is InChI=1S/C33H46N6.C2H2O4/c1-38(2)21-7-5-18-34-24-26-9-13-28(14-10-26)31-23-32(37-33-30(31)17-20-36-33)29-15-11-27(12-16-29)25-35-19-6-8-22-39(3)4;3-1(4)2(5)6/h9-17,20,23,34-35H,5-8,18-19,21-22,24-25H2,1-4H3,(H,36,37);(H,3,4)(H,5,6). The Kier molecular flexibility index (Phi) is 14.7. The number of hydrogen-bond donors (Lipinski definition) is 5. The van der Waals surface area contributed by atoms with E-state index in [4.69, 9.17) is 24.8 Å². The first-order valence-electron chi connectivity index (χ1n) is 15.5. The monoisotopic (exact) mass is 616 g/mol. The molecule has 5 N–H and O–H groups in total. The van der Waals surface area contributed by atoms with E-state index in [0.29, 0.717) is 0 Å². The first kappa shape index (κ1) is 35.4. The lowest BCUT2D eigenvalue weighted by Crippen LogP contribution is -2.18. The molecule has 0 aliphatic rings. The molecule has 0 aliphatic carbocycles. The number of fused-ring (bicyclic) bond motifs is 1. The van der Waals surface area contributed by atoms with Gasteiger partial charge in [-0.05, 0) is 114 Å². The fourth-order valence-electron chi connectivity index (χ4n) is 4.84. The molecule has 0 bridgehead atoms. The molecule has 0 saturated carbocycles. The maximum Gasteiger partial charge on any atom is 0.414 e. The van der Waals surface area contributed by atoms with E-state index in [-0.39, 0.29) is 0 Å². The van der Waals surface area contributed by atoms with E-state index in [2.05, 4.69) is 114 Å². The van der Waals surface area contributed by atoms with Crippen LogP contribution in [0.2, 0.25) is 0 Å². The van der Waals surface area contributed by atoms with Gasteiger partial charge in [0.1, 0.15) is 5.65 Å². The third-order valence-corrected chi connectivity index (χ3v) is 7.30. The maximum atomic E-state index is 9.10. The highest BCUT2D eigenvalue weighted by Crippen LogP contribution is 2.32. The summed E-state index contributed by atoms with van der Waals surface area (Å²) in [6, 6.07) is 22.1. The average Bonchev–Trinajstić information content (AvgIpc) is 3.50. The number of carboxylic acid groups (broad SMARTS) is 2. The summed E-state index contributed by atoms with van der Waals surface area (Å²) in [7, 11) is 8.52. The van der Waals surface area contributed by atoms with E-state index in [1.165, 1.54) is 47.9 Å². The van der Waals surface area contributed by atoms with Crippen molar-refractivity contribution in [1.29, 1.82) is 0 Å². The largest absolute Gasteiger partial charge is 0.473 e. The van der Waals surface area contributed by atoms with Crippen molar-refractivity contribution in [3.8, 4) is 22.4 Å². The molecule has 4 aromatic rings. The van der Waals surface area contributed by atoms with Crippen LogP contribution in [0.4, 0.5) is 0 Å². The number of nitrogens with zero attached hydrogens (tertiary/aromatic N) is 3.